The second kappa shape index (κ2) is 34.9. The number of hydrogen-bond donors (Lipinski definition) is 0. The summed E-state index contributed by atoms with van der Waals surface area (Å²) >= 11 is 0. The van der Waals surface area contributed by atoms with Gasteiger partial charge in [-0.2, -0.15) is 0 Å². The minimum absolute atomic E-state index is 1.09. The fourth-order valence-electron chi connectivity index (χ4n) is 18.0. The predicted octanol–water partition coefficient (Wildman–Crippen LogP) is 34.9. The summed E-state index contributed by atoms with van der Waals surface area (Å²) in [6, 6.07) is 189. The summed E-state index contributed by atoms with van der Waals surface area (Å²) in [5.41, 5.74) is 35.6. The normalized spacial score (nSPS) is 11.2. The molecule has 2 nitrogen and oxygen atoms in total. The van der Waals surface area contributed by atoms with Crippen LogP contribution in [-0.2, 0) is 0 Å². The van der Waals surface area contributed by atoms with Crippen LogP contribution in [0.15, 0.2) is 522 Å². The van der Waals surface area contributed by atoms with Gasteiger partial charge in [0.2, 0.25) is 0 Å². The summed E-state index contributed by atoms with van der Waals surface area (Å²) < 4.78 is 0. The third kappa shape index (κ3) is 16.1. The van der Waals surface area contributed by atoms with Crippen molar-refractivity contribution in [2.24, 2.45) is 0 Å². The van der Waals surface area contributed by atoms with Gasteiger partial charge in [-0.25, -0.2) is 0 Å². The molecule has 22 rings (SSSR count). The van der Waals surface area contributed by atoms with Crippen LogP contribution < -0.4 is 9.80 Å². The Hall–Kier alpha value is -16.5. The zero-order chi connectivity index (χ0) is 83.9. The molecule has 0 saturated carbocycles. The summed E-state index contributed by atoms with van der Waals surface area (Å²) in [6.45, 7) is 0. The molecular weight excluding hydrogens is 1520 g/mol. The Kier molecular flexibility index (Phi) is 21.3. The quantitative estimate of drug-likeness (QED) is 0.0845. The van der Waals surface area contributed by atoms with Crippen LogP contribution in [0.3, 0.4) is 0 Å². The lowest BCUT2D eigenvalue weighted by atomic mass is 9.93. The van der Waals surface area contributed by atoms with Gasteiger partial charge in [-0.3, -0.25) is 0 Å². The second-order valence-corrected chi connectivity index (χ2v) is 32.3. The van der Waals surface area contributed by atoms with E-state index in [4.69, 9.17) is 0 Å². The first-order valence-corrected chi connectivity index (χ1v) is 43.3. The molecule has 0 spiro atoms. The van der Waals surface area contributed by atoms with Gasteiger partial charge in [0.05, 0.1) is 0 Å². The molecule has 0 aromatic heterocycles. The maximum absolute atomic E-state index is 2.36. The molecular formula is C124H86N2. The van der Waals surface area contributed by atoms with Gasteiger partial charge < -0.3 is 9.80 Å². The van der Waals surface area contributed by atoms with Gasteiger partial charge >= 0.3 is 0 Å². The fourth-order valence-corrected chi connectivity index (χ4v) is 18.0. The molecule has 126 heavy (non-hydrogen) atoms. The molecule has 0 saturated heterocycles. The number of rotatable bonds is 18. The lowest BCUT2D eigenvalue weighted by Gasteiger charge is -2.26. The van der Waals surface area contributed by atoms with Crippen LogP contribution in [0.2, 0.25) is 0 Å². The Morgan fingerprint density at radius 1 is 0.0952 bits per heavy atom. The average Bonchev–Trinajstić information content (AvgIpc) is 0.789. The first-order valence-electron chi connectivity index (χ1n) is 43.3. The van der Waals surface area contributed by atoms with E-state index in [9.17, 15) is 0 Å². The number of hydrogen-bond acceptors (Lipinski definition) is 2. The highest BCUT2D eigenvalue weighted by atomic mass is 15.1. The molecule has 0 heterocycles. The van der Waals surface area contributed by atoms with Crippen molar-refractivity contribution in [2.45, 2.75) is 0 Å². The summed E-state index contributed by atoms with van der Waals surface area (Å²) in [5.74, 6) is 0. The molecule has 0 fully saturated rings. The Labute approximate surface area is 737 Å². The van der Waals surface area contributed by atoms with Crippen molar-refractivity contribution in [3.63, 3.8) is 0 Å². The van der Waals surface area contributed by atoms with Crippen LogP contribution in [0.4, 0.5) is 34.1 Å². The molecule has 592 valence electrons. The summed E-state index contributed by atoms with van der Waals surface area (Å²) in [4.78, 5) is 4.71. The van der Waals surface area contributed by atoms with Crippen LogP contribution in [0, 0.1) is 0 Å². The number of nitrogens with zero attached hydrogens (tertiary/aromatic N) is 2. The molecule has 0 aliphatic heterocycles. The van der Waals surface area contributed by atoms with E-state index in [0.29, 0.717) is 0 Å². The van der Waals surface area contributed by atoms with Gasteiger partial charge in [0.15, 0.2) is 0 Å². The summed E-state index contributed by atoms with van der Waals surface area (Å²) in [7, 11) is 0. The Bertz CT molecular complexity index is 7180. The van der Waals surface area contributed by atoms with Gasteiger partial charge in [-0.1, -0.05) is 425 Å². The number of fused-ring (bicyclic) bond motifs is 4. The maximum Gasteiger partial charge on any atom is 0.0462 e. The van der Waals surface area contributed by atoms with E-state index < -0.39 is 0 Å². The molecule has 0 aliphatic carbocycles. The molecule has 0 aliphatic rings. The van der Waals surface area contributed by atoms with E-state index in [1.165, 1.54) is 177 Å². The Balaban J connectivity index is 0.000000157. The molecule has 22 aromatic rings. The molecule has 2 heteroatoms. The van der Waals surface area contributed by atoms with Crippen LogP contribution >= 0.6 is 0 Å². The number of benzene rings is 22. The predicted molar refractivity (Wildman–Crippen MR) is 538 cm³/mol. The second-order valence-electron chi connectivity index (χ2n) is 32.3. The lowest BCUT2D eigenvalue weighted by molar-refractivity contribution is 1.28. The fraction of sp³-hybridized carbons (Fsp3) is 0. The van der Waals surface area contributed by atoms with E-state index in [1.54, 1.807) is 0 Å². The molecule has 0 atom stereocenters. The van der Waals surface area contributed by atoms with Gasteiger partial charge in [0, 0.05) is 34.1 Å². The van der Waals surface area contributed by atoms with Crippen LogP contribution in [0.5, 0.6) is 0 Å². The zero-order valence-electron chi connectivity index (χ0n) is 69.5. The topological polar surface area (TPSA) is 6.48 Å². The SMILES string of the molecule is c1ccc(-c2ccc(N(c3ccc(-c4ccc(-c5cccc6ccc(-c7ccccc7)cc56)cc4)cc3)c3ccc(-c4ccc(-c5cccc6ccc(-c7ccccc7)cc56)cc4)cc3)cc2)cc1.c1ccc(-c2ccc(N(c3ccc(-c4cccc5ccc(-c6ccccc6)cc45)cc3)c3ccc(-c4cccc5ccc(-c6ccccc6)cc45)cc3)cc2)cc1. The highest BCUT2D eigenvalue weighted by Crippen LogP contribution is 2.45. The minimum Gasteiger partial charge on any atom is -0.311 e. The zero-order valence-corrected chi connectivity index (χ0v) is 69.5. The molecule has 0 radical (unpaired) electrons. The Morgan fingerprint density at radius 3 is 0.429 bits per heavy atom. The van der Waals surface area contributed by atoms with Crippen molar-refractivity contribution in [2.75, 3.05) is 9.80 Å². The molecule has 0 N–H and O–H groups in total. The highest BCUT2D eigenvalue weighted by Gasteiger charge is 2.20. The Morgan fingerprint density at radius 2 is 0.238 bits per heavy atom. The third-order valence-electron chi connectivity index (χ3n) is 24.6. The van der Waals surface area contributed by atoms with Gasteiger partial charge in [-0.05, 0) is 274 Å². The lowest BCUT2D eigenvalue weighted by Crippen LogP contribution is -2.09. The molecule has 0 amide bonds. The summed E-state index contributed by atoms with van der Waals surface area (Å²) in [5, 5.41) is 9.97. The van der Waals surface area contributed by atoms with Crippen molar-refractivity contribution in [1.29, 1.82) is 0 Å². The summed E-state index contributed by atoms with van der Waals surface area (Å²) in [6.07, 6.45) is 0. The van der Waals surface area contributed by atoms with Gasteiger partial charge in [-0.15, -0.1) is 0 Å². The van der Waals surface area contributed by atoms with Crippen LogP contribution in [0.25, 0.3) is 177 Å². The van der Waals surface area contributed by atoms with E-state index in [-0.39, 0.29) is 0 Å². The van der Waals surface area contributed by atoms with Crippen molar-refractivity contribution < 1.29 is 0 Å². The van der Waals surface area contributed by atoms with E-state index in [2.05, 4.69) is 532 Å². The van der Waals surface area contributed by atoms with Gasteiger partial charge in [0.25, 0.3) is 0 Å². The smallest absolute Gasteiger partial charge is 0.0462 e. The first kappa shape index (κ1) is 76.8. The van der Waals surface area contributed by atoms with E-state index in [1.807, 2.05) is 0 Å². The van der Waals surface area contributed by atoms with Gasteiger partial charge in [0.1, 0.15) is 0 Å². The van der Waals surface area contributed by atoms with Crippen molar-refractivity contribution in [3.8, 4) is 134 Å². The molecule has 0 bridgehead atoms. The minimum atomic E-state index is 1.09. The molecule has 22 aromatic carbocycles. The first-order chi connectivity index (χ1) is 62.4. The van der Waals surface area contributed by atoms with Crippen LogP contribution in [0.1, 0.15) is 0 Å². The van der Waals surface area contributed by atoms with Crippen molar-refractivity contribution in [3.05, 3.63) is 522 Å². The largest absolute Gasteiger partial charge is 0.311 e. The monoisotopic (exact) mass is 1600 g/mol. The van der Waals surface area contributed by atoms with Crippen molar-refractivity contribution >= 4 is 77.2 Å². The van der Waals surface area contributed by atoms with E-state index in [0.717, 1.165) is 34.1 Å². The highest BCUT2D eigenvalue weighted by molar-refractivity contribution is 6.04. The average molecular weight is 1600 g/mol. The standard InChI is InChI=1S/C68H47N.C56H39N/c1-4-12-48(13-5-1)53-34-40-62(41-35-53)69(63-42-36-54(37-43-63)51-22-26-58(27-23-51)65-20-10-18-56-30-32-60(46-67(56)65)49-14-6-2-7-15-49)64-44-38-55(39-45-64)52-24-28-59(29-25-52)66-21-11-19-57-31-33-61(47-68(57)66)50-16-8-3-9-17-50;1-4-12-40(13-5-1)43-26-32-50(33-27-43)57(51-34-28-46(29-35-51)53-20-10-18-44-22-24-48(38-55(44)53)41-14-6-2-7-15-41)52-36-30-47(31-37-52)54-21-11-19-45-23-25-49(39-56(45)54)42-16-8-3-9-17-42/h1-47H;1-39H. The third-order valence-corrected chi connectivity index (χ3v) is 24.6. The van der Waals surface area contributed by atoms with E-state index >= 15 is 0 Å². The maximum atomic E-state index is 2.36. The number of anilines is 6. The van der Waals surface area contributed by atoms with Crippen LogP contribution in [-0.4, -0.2) is 0 Å². The molecule has 0 unspecified atom stereocenters. The van der Waals surface area contributed by atoms with Crippen molar-refractivity contribution in [1.82, 2.24) is 0 Å².